The van der Waals surface area contributed by atoms with Crippen molar-refractivity contribution in [2.75, 3.05) is 0 Å². The molecule has 1 aliphatic carbocycles. The quantitative estimate of drug-likeness (QED) is 0.587. The highest BCUT2D eigenvalue weighted by Gasteiger charge is 2.30. The Kier molecular flexibility index (Phi) is 1.72. The molecule has 0 atom stereocenters. The molecular weight excluding hydrogens is 176 g/mol. The van der Waals surface area contributed by atoms with E-state index in [9.17, 15) is 12.9 Å². The van der Waals surface area contributed by atoms with Crippen LogP contribution < -0.4 is 0 Å². The van der Waals surface area contributed by atoms with E-state index < -0.39 is 6.98 Å². The Bertz CT molecular complexity index is 365. The zero-order valence-corrected chi connectivity index (χ0v) is 6.81. The van der Waals surface area contributed by atoms with Crippen LogP contribution in [0.25, 0.3) is 6.08 Å². The van der Waals surface area contributed by atoms with Gasteiger partial charge in [0, 0.05) is 0 Å². The summed E-state index contributed by atoms with van der Waals surface area (Å²) < 4.78 is 37.0. The molecule has 0 saturated heterocycles. The molecule has 0 aliphatic heterocycles. The largest absolute Gasteiger partial charge is 0.506 e. The summed E-state index contributed by atoms with van der Waals surface area (Å²) >= 11 is 0. The van der Waals surface area contributed by atoms with E-state index in [-0.39, 0.29) is 11.9 Å². The van der Waals surface area contributed by atoms with Gasteiger partial charge in [0.05, 0.1) is 0 Å². The maximum Gasteiger partial charge on any atom is 0.506 e. The summed E-state index contributed by atoms with van der Waals surface area (Å²) in [4.78, 5) is 0. The summed E-state index contributed by atoms with van der Waals surface area (Å²) in [5.74, 6) is 0. The fourth-order valence-electron chi connectivity index (χ4n) is 1.52. The predicted octanol–water partition coefficient (Wildman–Crippen LogP) is 3.01. The standard InChI is InChI=1S/C9H7BF3/c11-10(12,13)9-5-7-3-1-2-4-8(7)6-9/h1-5H,6H2/q-1. The molecule has 2 rings (SSSR count). The average Bonchev–Trinajstić information content (AvgIpc) is 2.45. The van der Waals surface area contributed by atoms with Crippen molar-refractivity contribution in [3.63, 3.8) is 0 Å². The molecule has 0 aromatic heterocycles. The van der Waals surface area contributed by atoms with Crippen molar-refractivity contribution < 1.29 is 12.9 Å². The second-order valence-electron chi connectivity index (χ2n) is 3.17. The molecule has 13 heavy (non-hydrogen) atoms. The molecule has 68 valence electrons. The van der Waals surface area contributed by atoms with Crippen LogP contribution >= 0.6 is 0 Å². The summed E-state index contributed by atoms with van der Waals surface area (Å²) in [6.07, 6.45) is 1.29. The number of allylic oxidation sites excluding steroid dienone is 1. The van der Waals surface area contributed by atoms with Gasteiger partial charge in [0.1, 0.15) is 0 Å². The molecule has 0 fully saturated rings. The number of halogens is 3. The highest BCUT2D eigenvalue weighted by molar-refractivity contribution is 6.68. The molecule has 0 unspecified atom stereocenters. The average molecular weight is 183 g/mol. The van der Waals surface area contributed by atoms with Gasteiger partial charge in [0.15, 0.2) is 0 Å². The second-order valence-corrected chi connectivity index (χ2v) is 3.17. The summed E-state index contributed by atoms with van der Waals surface area (Å²) in [7, 11) is 0. The lowest BCUT2D eigenvalue weighted by Gasteiger charge is -2.15. The summed E-state index contributed by atoms with van der Waals surface area (Å²) in [6, 6.07) is 6.96. The van der Waals surface area contributed by atoms with Gasteiger partial charge in [-0.25, -0.2) is 0 Å². The zero-order valence-electron chi connectivity index (χ0n) is 6.81. The number of hydrogen-bond acceptors (Lipinski definition) is 0. The van der Waals surface area contributed by atoms with Crippen molar-refractivity contribution in [3.8, 4) is 0 Å². The highest BCUT2D eigenvalue weighted by Crippen LogP contribution is 2.32. The van der Waals surface area contributed by atoms with Crippen molar-refractivity contribution in [1.29, 1.82) is 0 Å². The molecule has 0 amide bonds. The van der Waals surface area contributed by atoms with Crippen molar-refractivity contribution in [3.05, 3.63) is 40.9 Å². The van der Waals surface area contributed by atoms with Crippen LogP contribution in [0.2, 0.25) is 0 Å². The lowest BCUT2D eigenvalue weighted by molar-refractivity contribution is 0.489. The number of hydrogen-bond donors (Lipinski definition) is 0. The van der Waals surface area contributed by atoms with Gasteiger partial charge in [-0.15, -0.1) is 5.47 Å². The van der Waals surface area contributed by atoms with Gasteiger partial charge in [0.25, 0.3) is 0 Å². The molecule has 0 bridgehead atoms. The lowest BCUT2D eigenvalue weighted by atomic mass is 9.78. The van der Waals surface area contributed by atoms with Gasteiger partial charge in [-0.05, 0) is 17.5 Å². The topological polar surface area (TPSA) is 0 Å². The number of fused-ring (bicyclic) bond motifs is 1. The van der Waals surface area contributed by atoms with Crippen LogP contribution in [0.3, 0.4) is 0 Å². The minimum atomic E-state index is -4.80. The molecule has 4 heteroatoms. The first-order valence-corrected chi connectivity index (χ1v) is 4.06. The first kappa shape index (κ1) is 8.41. The van der Waals surface area contributed by atoms with E-state index in [1.165, 1.54) is 6.08 Å². The van der Waals surface area contributed by atoms with Gasteiger partial charge >= 0.3 is 6.98 Å². The van der Waals surface area contributed by atoms with Crippen LogP contribution in [-0.2, 0) is 6.42 Å². The molecule has 1 aliphatic rings. The fourth-order valence-corrected chi connectivity index (χ4v) is 1.52. The molecule has 0 saturated carbocycles. The molecule has 0 radical (unpaired) electrons. The fraction of sp³-hybridized carbons (Fsp3) is 0.111. The van der Waals surface area contributed by atoms with Gasteiger partial charge in [0.2, 0.25) is 0 Å². The smallest absolute Gasteiger partial charge is 0.445 e. The Balaban J connectivity index is 2.37. The van der Waals surface area contributed by atoms with Crippen LogP contribution in [0.5, 0.6) is 0 Å². The SMILES string of the molecule is F[B-](F)(F)C1=Cc2ccccc2C1. The number of rotatable bonds is 1. The van der Waals surface area contributed by atoms with Gasteiger partial charge in [-0.3, -0.25) is 0 Å². The van der Waals surface area contributed by atoms with Gasteiger partial charge in [-0.1, -0.05) is 30.3 Å². The Hall–Kier alpha value is -1.19. The highest BCUT2D eigenvalue weighted by atomic mass is 19.4. The summed E-state index contributed by atoms with van der Waals surface area (Å²) in [5.41, 5.74) is 1.09. The molecule has 0 N–H and O–H groups in total. The van der Waals surface area contributed by atoms with E-state index in [1.807, 2.05) is 0 Å². The Morgan fingerprint density at radius 2 is 1.77 bits per heavy atom. The maximum absolute atomic E-state index is 12.3. The van der Waals surface area contributed by atoms with Crippen LogP contribution in [0.15, 0.2) is 29.7 Å². The summed E-state index contributed by atoms with van der Waals surface area (Å²) in [5, 5.41) is 0. The van der Waals surface area contributed by atoms with Gasteiger partial charge in [-0.2, -0.15) is 0 Å². The number of benzene rings is 1. The Labute approximate surface area is 74.1 Å². The molecular formula is C9H7BF3-. The first-order valence-electron chi connectivity index (χ1n) is 4.06. The third-order valence-electron chi connectivity index (χ3n) is 2.21. The van der Waals surface area contributed by atoms with Gasteiger partial charge < -0.3 is 12.9 Å². The van der Waals surface area contributed by atoms with Crippen LogP contribution in [-0.4, -0.2) is 6.98 Å². The van der Waals surface area contributed by atoms with Crippen LogP contribution in [0.4, 0.5) is 12.9 Å². The van der Waals surface area contributed by atoms with Crippen LogP contribution in [0.1, 0.15) is 11.1 Å². The van der Waals surface area contributed by atoms with Crippen LogP contribution in [0, 0.1) is 0 Å². The van der Waals surface area contributed by atoms with Crippen molar-refractivity contribution >= 4 is 13.1 Å². The lowest BCUT2D eigenvalue weighted by Crippen LogP contribution is -2.19. The monoisotopic (exact) mass is 183 g/mol. The van der Waals surface area contributed by atoms with E-state index in [2.05, 4.69) is 0 Å². The Morgan fingerprint density at radius 3 is 2.38 bits per heavy atom. The van der Waals surface area contributed by atoms with Crippen molar-refractivity contribution in [2.45, 2.75) is 6.42 Å². The predicted molar refractivity (Wildman–Crippen MR) is 47.2 cm³/mol. The Morgan fingerprint density at radius 1 is 1.08 bits per heavy atom. The van der Waals surface area contributed by atoms with E-state index in [0.29, 0.717) is 5.56 Å². The van der Waals surface area contributed by atoms with Crippen molar-refractivity contribution in [2.24, 2.45) is 0 Å². The molecule has 0 heterocycles. The van der Waals surface area contributed by atoms with E-state index in [4.69, 9.17) is 0 Å². The molecule has 0 spiro atoms. The third kappa shape index (κ3) is 1.48. The zero-order chi connectivity index (χ0) is 9.47. The minimum absolute atomic E-state index is 0.0413. The normalized spacial score (nSPS) is 15.5. The molecule has 1 aromatic carbocycles. The summed E-state index contributed by atoms with van der Waals surface area (Å²) in [6.45, 7) is -4.80. The molecule has 0 nitrogen and oxygen atoms in total. The molecule has 1 aromatic rings. The maximum atomic E-state index is 12.3. The van der Waals surface area contributed by atoms with E-state index in [1.54, 1.807) is 24.3 Å². The third-order valence-corrected chi connectivity index (χ3v) is 2.21. The minimum Gasteiger partial charge on any atom is -0.445 e. The second kappa shape index (κ2) is 2.65. The van der Waals surface area contributed by atoms with Crippen molar-refractivity contribution in [1.82, 2.24) is 0 Å². The van der Waals surface area contributed by atoms with E-state index >= 15 is 0 Å². The van der Waals surface area contributed by atoms with E-state index in [0.717, 1.165) is 5.56 Å². The first-order chi connectivity index (χ1) is 6.07.